The van der Waals surface area contributed by atoms with Gasteiger partial charge in [0.2, 0.25) is 0 Å². The molecule has 0 spiro atoms. The third-order valence-electron chi connectivity index (χ3n) is 2.67. The Kier molecular flexibility index (Phi) is 4.25. The van der Waals surface area contributed by atoms with Gasteiger partial charge >= 0.3 is 0 Å². The van der Waals surface area contributed by atoms with Crippen LogP contribution in [-0.2, 0) is 0 Å². The molecule has 0 aliphatic carbocycles. The summed E-state index contributed by atoms with van der Waals surface area (Å²) in [5.74, 6) is 0.820. The Hall–Kier alpha value is -1.06. The predicted molar refractivity (Wildman–Crippen MR) is 80.7 cm³/mol. The lowest BCUT2D eigenvalue weighted by Crippen LogP contribution is -1.99. The number of pyridine rings is 1. The molecule has 1 N–H and O–H groups in total. The van der Waals surface area contributed by atoms with Crippen LogP contribution in [0.4, 0.5) is 11.5 Å². The number of rotatable bonds is 3. The molecule has 2 rings (SSSR count). The van der Waals surface area contributed by atoms with Crippen LogP contribution in [0, 0.1) is 6.92 Å². The van der Waals surface area contributed by atoms with Crippen molar-refractivity contribution in [1.29, 1.82) is 0 Å². The highest BCUT2D eigenvalue weighted by Gasteiger charge is 2.08. The fourth-order valence-electron chi connectivity index (χ4n) is 1.71. The zero-order valence-corrected chi connectivity index (χ0v) is 12.6. The van der Waals surface area contributed by atoms with E-state index in [1.54, 1.807) is 0 Å². The van der Waals surface area contributed by atoms with Crippen LogP contribution in [0.25, 0.3) is 0 Å². The van der Waals surface area contributed by atoms with Gasteiger partial charge < -0.3 is 5.32 Å². The summed E-state index contributed by atoms with van der Waals surface area (Å²) in [5, 5.41) is 3.27. The molecule has 0 fully saturated rings. The van der Waals surface area contributed by atoms with Crippen molar-refractivity contribution in [2.75, 3.05) is 5.32 Å². The summed E-state index contributed by atoms with van der Waals surface area (Å²) in [6.07, 6.45) is 0. The lowest BCUT2D eigenvalue weighted by Gasteiger charge is -2.13. The molecular weight excluding hydrogens is 312 g/mol. The fourth-order valence-corrected chi connectivity index (χ4v) is 2.12. The molecule has 1 aromatic heterocycles. The molecule has 0 amide bonds. The number of para-hydroxylation sites is 1. The molecular formula is C14H14BrClN2. The number of hydrogen-bond acceptors (Lipinski definition) is 2. The molecule has 1 aromatic carbocycles. The maximum atomic E-state index is 6.16. The lowest BCUT2D eigenvalue weighted by molar-refractivity contribution is 1.08. The number of anilines is 2. The first-order valence-corrected chi connectivity index (χ1v) is 6.94. The Morgan fingerprint density at radius 1 is 1.22 bits per heavy atom. The van der Waals surface area contributed by atoms with E-state index in [2.05, 4.69) is 26.2 Å². The lowest BCUT2D eigenvalue weighted by atomic mass is 10.1. The van der Waals surface area contributed by atoms with Gasteiger partial charge in [-0.2, -0.15) is 0 Å². The highest BCUT2D eigenvalue weighted by Crippen LogP contribution is 2.29. The molecule has 4 heteroatoms. The highest BCUT2D eigenvalue weighted by molar-refractivity contribution is 9.10. The number of benzene rings is 1. The van der Waals surface area contributed by atoms with Crippen LogP contribution in [0.1, 0.15) is 23.6 Å². The van der Waals surface area contributed by atoms with Gasteiger partial charge in [0.25, 0.3) is 0 Å². The minimum atomic E-state index is -0.0368. The molecule has 1 atom stereocenters. The average molecular weight is 326 g/mol. The molecule has 0 bridgehead atoms. The molecule has 0 aliphatic rings. The number of aryl methyl sites for hydroxylation is 1. The summed E-state index contributed by atoms with van der Waals surface area (Å²) in [4.78, 5) is 4.47. The first kappa shape index (κ1) is 13.4. The smallest absolute Gasteiger partial charge is 0.130 e. The van der Waals surface area contributed by atoms with E-state index in [9.17, 15) is 0 Å². The number of nitrogens with zero attached hydrogens (tertiary/aromatic N) is 1. The topological polar surface area (TPSA) is 24.9 Å². The zero-order chi connectivity index (χ0) is 13.1. The van der Waals surface area contributed by atoms with Gasteiger partial charge in [0.15, 0.2) is 0 Å². The van der Waals surface area contributed by atoms with E-state index in [0.717, 1.165) is 27.2 Å². The van der Waals surface area contributed by atoms with Gasteiger partial charge in [0, 0.05) is 10.2 Å². The minimum Gasteiger partial charge on any atom is -0.340 e. The second-order valence-corrected chi connectivity index (χ2v) is 5.60. The van der Waals surface area contributed by atoms with Gasteiger partial charge in [-0.25, -0.2) is 4.98 Å². The second-order valence-electron chi connectivity index (χ2n) is 4.09. The molecule has 18 heavy (non-hydrogen) atoms. The predicted octanol–water partition coefficient (Wildman–Crippen LogP) is 5.20. The minimum absolute atomic E-state index is 0.0368. The molecule has 0 saturated carbocycles. The van der Waals surface area contributed by atoms with E-state index in [-0.39, 0.29) is 5.38 Å². The van der Waals surface area contributed by atoms with Crippen molar-refractivity contribution >= 4 is 39.0 Å². The summed E-state index contributed by atoms with van der Waals surface area (Å²) in [5.41, 5.74) is 3.02. The van der Waals surface area contributed by atoms with E-state index in [1.807, 2.05) is 50.2 Å². The van der Waals surface area contributed by atoms with E-state index in [1.165, 1.54) is 0 Å². The number of nitrogens with one attached hydrogen (secondary N) is 1. The summed E-state index contributed by atoms with van der Waals surface area (Å²) in [7, 11) is 0. The van der Waals surface area contributed by atoms with Gasteiger partial charge in [0.1, 0.15) is 5.82 Å². The highest BCUT2D eigenvalue weighted by atomic mass is 79.9. The van der Waals surface area contributed by atoms with Gasteiger partial charge in [-0.05, 0) is 53.5 Å². The monoisotopic (exact) mass is 324 g/mol. The largest absolute Gasteiger partial charge is 0.340 e. The fraction of sp³-hybridized carbons (Fsp3) is 0.214. The Bertz CT molecular complexity index is 555. The van der Waals surface area contributed by atoms with E-state index >= 15 is 0 Å². The number of alkyl halides is 1. The van der Waals surface area contributed by atoms with Gasteiger partial charge in [-0.1, -0.05) is 18.2 Å². The van der Waals surface area contributed by atoms with Crippen LogP contribution in [-0.4, -0.2) is 4.98 Å². The van der Waals surface area contributed by atoms with Crippen LogP contribution in [0.15, 0.2) is 40.9 Å². The summed E-state index contributed by atoms with van der Waals surface area (Å²) < 4.78 is 1.01. The zero-order valence-electron chi connectivity index (χ0n) is 10.2. The number of aromatic nitrogens is 1. The van der Waals surface area contributed by atoms with Gasteiger partial charge in [-0.3, -0.25) is 0 Å². The van der Waals surface area contributed by atoms with Crippen molar-refractivity contribution in [2.24, 2.45) is 0 Å². The first-order valence-electron chi connectivity index (χ1n) is 5.71. The van der Waals surface area contributed by atoms with Gasteiger partial charge in [-0.15, -0.1) is 11.6 Å². The summed E-state index contributed by atoms with van der Waals surface area (Å²) in [6.45, 7) is 3.92. The third kappa shape index (κ3) is 3.03. The van der Waals surface area contributed by atoms with Crippen LogP contribution >= 0.6 is 27.5 Å². The van der Waals surface area contributed by atoms with Crippen LogP contribution in [0.5, 0.6) is 0 Å². The van der Waals surface area contributed by atoms with Crippen molar-refractivity contribution in [3.63, 3.8) is 0 Å². The van der Waals surface area contributed by atoms with Crippen LogP contribution < -0.4 is 5.32 Å². The van der Waals surface area contributed by atoms with E-state index in [4.69, 9.17) is 11.6 Å². The maximum Gasteiger partial charge on any atom is 0.130 e. The molecule has 1 heterocycles. The standard InChI is InChI=1S/C14H14BrClN2/c1-9(16)11-5-3-4-6-13(11)18-14-8-7-12(15)10(2)17-14/h3-9H,1-2H3,(H,17,18). The Balaban J connectivity index is 2.31. The van der Waals surface area contributed by atoms with Crippen molar-refractivity contribution < 1.29 is 0 Å². The average Bonchev–Trinajstić information content (AvgIpc) is 2.34. The van der Waals surface area contributed by atoms with E-state index in [0.29, 0.717) is 0 Å². The molecule has 2 aromatic rings. The molecule has 94 valence electrons. The first-order chi connectivity index (χ1) is 8.58. The second kappa shape index (κ2) is 5.72. The van der Waals surface area contributed by atoms with Crippen LogP contribution in [0.2, 0.25) is 0 Å². The molecule has 2 nitrogen and oxygen atoms in total. The van der Waals surface area contributed by atoms with Crippen LogP contribution in [0.3, 0.4) is 0 Å². The summed E-state index contributed by atoms with van der Waals surface area (Å²) in [6, 6.07) is 11.9. The molecule has 0 radical (unpaired) electrons. The maximum absolute atomic E-state index is 6.16. The van der Waals surface area contributed by atoms with E-state index < -0.39 is 0 Å². The number of halogens is 2. The Labute approximate surface area is 121 Å². The van der Waals surface area contributed by atoms with Crippen molar-refractivity contribution in [2.45, 2.75) is 19.2 Å². The van der Waals surface area contributed by atoms with Crippen molar-refractivity contribution in [3.05, 3.63) is 52.1 Å². The third-order valence-corrected chi connectivity index (χ3v) is 3.75. The summed E-state index contributed by atoms with van der Waals surface area (Å²) >= 11 is 9.60. The molecule has 1 unspecified atom stereocenters. The van der Waals surface area contributed by atoms with Crippen molar-refractivity contribution in [3.8, 4) is 0 Å². The SMILES string of the molecule is Cc1nc(Nc2ccccc2C(C)Cl)ccc1Br. The quantitative estimate of drug-likeness (QED) is 0.785. The Morgan fingerprint density at radius 3 is 2.61 bits per heavy atom. The van der Waals surface area contributed by atoms with Crippen molar-refractivity contribution in [1.82, 2.24) is 4.98 Å². The molecule has 0 saturated heterocycles. The number of hydrogen-bond donors (Lipinski definition) is 1. The Morgan fingerprint density at radius 2 is 1.94 bits per heavy atom. The molecule has 0 aliphatic heterocycles. The van der Waals surface area contributed by atoms with Gasteiger partial charge in [0.05, 0.1) is 11.1 Å². The normalized spacial score (nSPS) is 12.2.